The number of hydrogen-bond donors (Lipinski definition) is 5. The maximum absolute atomic E-state index is 12.4. The molecule has 0 saturated carbocycles. The summed E-state index contributed by atoms with van der Waals surface area (Å²) in [5.74, 6) is 3.32. The SMILES string of the molecule is COc1ccc(CC[C@H](C)[C@@H](NC(=O)OC(C)(C)C)c2ccc(OC)cc2)cc1.COc1ccc([C@H](NC(=O)OC(C)(C)C)[C@@H](C)N)cc1.COc1ccc([C@H](NC(=O)OC(C)(C)C)[C@H](C)O)cc1. The molecule has 69 heavy (non-hydrogen) atoms. The van der Waals surface area contributed by atoms with Gasteiger partial charge in [0.25, 0.3) is 0 Å². The first kappa shape index (κ1) is 58.9. The Kier molecular flexibility index (Phi) is 23.7. The van der Waals surface area contributed by atoms with E-state index in [-0.39, 0.29) is 24.0 Å². The van der Waals surface area contributed by atoms with Crippen molar-refractivity contribution in [1.29, 1.82) is 0 Å². The summed E-state index contributed by atoms with van der Waals surface area (Å²) in [5, 5.41) is 18.4. The van der Waals surface area contributed by atoms with Crippen molar-refractivity contribution in [3.8, 4) is 23.0 Å². The molecule has 0 aliphatic rings. The van der Waals surface area contributed by atoms with E-state index in [2.05, 4.69) is 35.0 Å². The molecule has 0 heterocycles. The summed E-state index contributed by atoms with van der Waals surface area (Å²) in [6.45, 7) is 22.0. The Labute approximate surface area is 411 Å². The van der Waals surface area contributed by atoms with E-state index in [1.165, 1.54) is 5.56 Å². The molecule has 0 saturated heterocycles. The van der Waals surface area contributed by atoms with Gasteiger partial charge in [0.15, 0.2) is 0 Å². The van der Waals surface area contributed by atoms with Crippen molar-refractivity contribution in [3.05, 3.63) is 119 Å². The van der Waals surface area contributed by atoms with Crippen LogP contribution in [0.3, 0.4) is 0 Å². The van der Waals surface area contributed by atoms with E-state index in [0.29, 0.717) is 0 Å². The molecule has 382 valence electrons. The summed E-state index contributed by atoms with van der Waals surface area (Å²) >= 11 is 0. The number of amides is 3. The Balaban J connectivity index is 0.000000365. The third-order valence-electron chi connectivity index (χ3n) is 10.1. The van der Waals surface area contributed by atoms with Gasteiger partial charge >= 0.3 is 18.3 Å². The third kappa shape index (κ3) is 23.1. The van der Waals surface area contributed by atoms with Gasteiger partial charge in [0, 0.05) is 6.04 Å². The Hall–Kier alpha value is -6.19. The molecule has 0 aliphatic heterocycles. The molecule has 0 radical (unpaired) electrons. The summed E-state index contributed by atoms with van der Waals surface area (Å²) in [7, 11) is 6.50. The first-order valence-corrected chi connectivity index (χ1v) is 23.1. The number of aliphatic hydroxyl groups is 1. The quantitative estimate of drug-likeness (QED) is 0.0667. The summed E-state index contributed by atoms with van der Waals surface area (Å²) < 4.78 is 36.6. The summed E-state index contributed by atoms with van der Waals surface area (Å²) in [6.07, 6.45) is -0.354. The lowest BCUT2D eigenvalue weighted by atomic mass is 9.89. The number of methoxy groups -OCH3 is 4. The van der Waals surface area contributed by atoms with Crippen LogP contribution < -0.4 is 40.6 Å². The first-order valence-electron chi connectivity index (χ1n) is 23.1. The highest BCUT2D eigenvalue weighted by Gasteiger charge is 2.27. The highest BCUT2D eigenvalue weighted by atomic mass is 16.6. The Morgan fingerprint density at radius 2 is 0.754 bits per heavy atom. The second-order valence-electron chi connectivity index (χ2n) is 19.7. The molecule has 0 bridgehead atoms. The smallest absolute Gasteiger partial charge is 0.408 e. The minimum Gasteiger partial charge on any atom is -0.497 e. The molecule has 4 rings (SSSR count). The molecular weight excluding hydrogens is 881 g/mol. The lowest BCUT2D eigenvalue weighted by Crippen LogP contribution is -2.41. The van der Waals surface area contributed by atoms with Crippen molar-refractivity contribution in [3.63, 3.8) is 0 Å². The number of rotatable bonds is 16. The molecule has 4 aromatic rings. The van der Waals surface area contributed by atoms with E-state index < -0.39 is 47.2 Å². The number of aliphatic hydroxyl groups excluding tert-OH is 1. The molecule has 0 aromatic heterocycles. The van der Waals surface area contributed by atoms with Gasteiger partial charge < -0.3 is 59.9 Å². The van der Waals surface area contributed by atoms with Crippen LogP contribution in [0, 0.1) is 5.92 Å². The van der Waals surface area contributed by atoms with Gasteiger partial charge in [0.05, 0.1) is 52.7 Å². The van der Waals surface area contributed by atoms with Crippen LogP contribution in [0.1, 0.15) is 130 Å². The van der Waals surface area contributed by atoms with Gasteiger partial charge in [-0.1, -0.05) is 55.5 Å². The maximum Gasteiger partial charge on any atom is 0.408 e. The molecule has 0 spiro atoms. The highest BCUT2D eigenvalue weighted by Crippen LogP contribution is 2.29. The average Bonchev–Trinajstić information content (AvgIpc) is 3.27. The predicted octanol–water partition coefficient (Wildman–Crippen LogP) is 10.8. The van der Waals surface area contributed by atoms with Crippen molar-refractivity contribution in [1.82, 2.24) is 16.0 Å². The fraction of sp³-hybridized carbons (Fsp3) is 0.500. The largest absolute Gasteiger partial charge is 0.497 e. The number of benzene rings is 4. The predicted molar refractivity (Wildman–Crippen MR) is 271 cm³/mol. The number of ether oxygens (including phenoxy) is 7. The molecule has 0 aliphatic carbocycles. The number of hydrogen-bond acceptors (Lipinski definition) is 12. The van der Waals surface area contributed by atoms with Gasteiger partial charge in [0.1, 0.15) is 39.8 Å². The first-order chi connectivity index (χ1) is 32.2. The number of nitrogens with one attached hydrogen (secondary N) is 3. The number of nitrogens with two attached hydrogens (primary N) is 1. The fourth-order valence-corrected chi connectivity index (χ4v) is 6.65. The zero-order valence-electron chi connectivity index (χ0n) is 43.7. The average molecular weight is 961 g/mol. The number of carbonyl (C=O) groups excluding carboxylic acids is 3. The Morgan fingerprint density at radius 3 is 1.04 bits per heavy atom. The van der Waals surface area contributed by atoms with E-state index in [9.17, 15) is 19.5 Å². The molecule has 0 unspecified atom stereocenters. The van der Waals surface area contributed by atoms with E-state index in [1.807, 2.05) is 109 Å². The van der Waals surface area contributed by atoms with E-state index in [0.717, 1.165) is 52.5 Å². The van der Waals surface area contributed by atoms with E-state index in [1.54, 1.807) is 80.4 Å². The van der Waals surface area contributed by atoms with E-state index >= 15 is 0 Å². The van der Waals surface area contributed by atoms with Crippen LogP contribution >= 0.6 is 0 Å². The number of carbonyl (C=O) groups is 3. The number of aryl methyl sites for hydroxylation is 1. The van der Waals surface area contributed by atoms with Crippen LogP contribution in [-0.4, -0.2) is 80.8 Å². The topological polar surface area (TPSA) is 198 Å². The molecule has 4 aromatic carbocycles. The van der Waals surface area contributed by atoms with Crippen LogP contribution in [0.2, 0.25) is 0 Å². The Bertz CT molecular complexity index is 2020. The summed E-state index contributed by atoms with van der Waals surface area (Å²) in [5.41, 5.74) is 8.26. The van der Waals surface area contributed by atoms with Crippen LogP contribution in [0.5, 0.6) is 23.0 Å². The standard InChI is InChI=1S/C24H33NO4.C15H24N2O3.C15H23NO4/c1-17(7-8-18-9-13-20(27-5)14-10-18)22(25-23(26)29-24(2,3)4)19-11-15-21(28-6)16-12-19;1-10(16)13(17-14(18)20-15(2,3)4)11-6-8-12(19-5)9-7-11;1-10(17)13(16-14(18)20-15(2,3)4)11-6-8-12(19-5)9-7-11/h9-17,22H,7-8H2,1-6H3,(H,25,26);6-10,13H,16H2,1-5H3,(H,17,18);6-10,13,17H,1-5H3,(H,16,18)/t17-,22+;10-,13-;10-,13+/m010/s1. The lowest BCUT2D eigenvalue weighted by molar-refractivity contribution is 0.0433. The minimum atomic E-state index is -0.740. The second-order valence-corrected chi connectivity index (χ2v) is 19.7. The van der Waals surface area contributed by atoms with Crippen molar-refractivity contribution >= 4 is 18.3 Å². The summed E-state index contributed by atoms with van der Waals surface area (Å²) in [6, 6.07) is 29.3. The second kappa shape index (κ2) is 27.7. The molecule has 0 fully saturated rings. The molecule has 15 nitrogen and oxygen atoms in total. The van der Waals surface area contributed by atoms with Gasteiger partial charge in [-0.05, 0) is 166 Å². The highest BCUT2D eigenvalue weighted by molar-refractivity contribution is 5.69. The normalized spacial score (nSPS) is 13.9. The maximum atomic E-state index is 12.4. The van der Waals surface area contributed by atoms with Crippen LogP contribution in [-0.2, 0) is 20.6 Å². The van der Waals surface area contributed by atoms with Crippen molar-refractivity contribution in [2.75, 3.05) is 28.4 Å². The van der Waals surface area contributed by atoms with Gasteiger partial charge in [-0.25, -0.2) is 14.4 Å². The minimum absolute atomic E-state index is 0.158. The number of alkyl carbamates (subject to hydrolysis) is 3. The van der Waals surface area contributed by atoms with Crippen LogP contribution in [0.4, 0.5) is 14.4 Å². The van der Waals surface area contributed by atoms with Crippen LogP contribution in [0.25, 0.3) is 0 Å². The molecule has 3 amide bonds. The zero-order chi connectivity index (χ0) is 52.1. The fourth-order valence-electron chi connectivity index (χ4n) is 6.65. The zero-order valence-corrected chi connectivity index (χ0v) is 43.7. The van der Waals surface area contributed by atoms with Gasteiger partial charge in [0.2, 0.25) is 0 Å². The van der Waals surface area contributed by atoms with Crippen molar-refractivity contribution in [2.24, 2.45) is 11.7 Å². The molecule has 6 atom stereocenters. The molecule has 6 N–H and O–H groups in total. The summed E-state index contributed by atoms with van der Waals surface area (Å²) in [4.78, 5) is 36.1. The van der Waals surface area contributed by atoms with Crippen molar-refractivity contribution in [2.45, 2.75) is 143 Å². The monoisotopic (exact) mass is 961 g/mol. The van der Waals surface area contributed by atoms with Crippen LogP contribution in [0.15, 0.2) is 97.1 Å². The molecular formula is C54H80N4O11. The van der Waals surface area contributed by atoms with E-state index in [4.69, 9.17) is 38.9 Å². The Morgan fingerprint density at radius 1 is 0.478 bits per heavy atom. The lowest BCUT2D eigenvalue weighted by Gasteiger charge is -2.28. The molecule has 15 heteroatoms. The van der Waals surface area contributed by atoms with Gasteiger partial charge in [-0.2, -0.15) is 0 Å². The van der Waals surface area contributed by atoms with Crippen molar-refractivity contribution < 1.29 is 52.6 Å². The van der Waals surface area contributed by atoms with Gasteiger partial charge in [-0.3, -0.25) is 0 Å². The third-order valence-corrected chi connectivity index (χ3v) is 10.1. The van der Waals surface area contributed by atoms with Gasteiger partial charge in [-0.15, -0.1) is 0 Å².